The smallest absolute Gasteiger partial charge is 0.323 e. The number of halogens is 1. The van der Waals surface area contributed by atoms with E-state index >= 15 is 0 Å². The molecule has 0 aliphatic rings. The molecule has 132 valence electrons. The minimum atomic E-state index is -1.03. The van der Waals surface area contributed by atoms with Gasteiger partial charge in [0.2, 0.25) is 5.91 Å². The Labute approximate surface area is 144 Å². The summed E-state index contributed by atoms with van der Waals surface area (Å²) in [6.45, 7) is 4.61. The van der Waals surface area contributed by atoms with Crippen LogP contribution in [0.2, 0.25) is 0 Å². The molecule has 0 fully saturated rings. The molecule has 2 rings (SSSR count). The van der Waals surface area contributed by atoms with E-state index in [-0.39, 0.29) is 17.3 Å². The summed E-state index contributed by atoms with van der Waals surface area (Å²) in [7, 11) is 0. The number of carbonyl (C=O) groups excluding carboxylic acids is 2. The maximum atomic E-state index is 13.8. The molecule has 2 aromatic rings. The Morgan fingerprint density at radius 1 is 1.16 bits per heavy atom. The number of hydrogen-bond acceptors (Lipinski definition) is 4. The molecule has 25 heavy (non-hydrogen) atoms. The summed E-state index contributed by atoms with van der Waals surface area (Å²) in [5.74, 6) is -0.709. The normalized spacial score (nSPS) is 10.7. The van der Waals surface area contributed by atoms with Gasteiger partial charge in [-0.3, -0.25) is 9.78 Å². The molecule has 3 N–H and O–H groups in total. The molecule has 1 aromatic carbocycles. The molecule has 0 aliphatic heterocycles. The third kappa shape index (κ3) is 6.09. The summed E-state index contributed by atoms with van der Waals surface area (Å²) in [5.41, 5.74) is -0.329. The summed E-state index contributed by atoms with van der Waals surface area (Å²) in [6, 6.07) is 6.56. The summed E-state index contributed by atoms with van der Waals surface area (Å²) in [4.78, 5) is 27.0. The first kappa shape index (κ1) is 18.2. The lowest BCUT2D eigenvalue weighted by atomic mass is 10.2. The van der Waals surface area contributed by atoms with Gasteiger partial charge in [0.1, 0.15) is 11.6 Å². The van der Waals surface area contributed by atoms with Crippen LogP contribution in [0.3, 0.4) is 0 Å². The highest BCUT2D eigenvalue weighted by Gasteiger charge is 2.21. The van der Waals surface area contributed by atoms with Gasteiger partial charge in [-0.25, -0.2) is 9.18 Å². The largest absolute Gasteiger partial charge is 0.469 e. The van der Waals surface area contributed by atoms with Crippen molar-refractivity contribution in [3.05, 3.63) is 48.5 Å². The van der Waals surface area contributed by atoms with E-state index in [0.717, 1.165) is 12.1 Å². The molecule has 3 amide bonds. The standard InChI is InChI=1S/C17H19FN4O3/c1-11(23)22-17(2,3)25-15-8-12(18)7-14(9-15)21-16(24)20-13-5-4-6-19-10-13/h4-10H,1-3H3,(H,22,23)(H2,20,21,24). The number of ether oxygens (including phenoxy) is 1. The topological polar surface area (TPSA) is 92.4 Å². The van der Waals surface area contributed by atoms with Crippen LogP contribution < -0.4 is 20.7 Å². The molecule has 8 heteroatoms. The number of aromatic nitrogens is 1. The van der Waals surface area contributed by atoms with Gasteiger partial charge in [0.15, 0.2) is 5.72 Å². The van der Waals surface area contributed by atoms with Crippen LogP contribution in [0.15, 0.2) is 42.7 Å². The van der Waals surface area contributed by atoms with E-state index in [2.05, 4.69) is 20.9 Å². The van der Waals surface area contributed by atoms with E-state index in [1.165, 1.54) is 19.2 Å². The van der Waals surface area contributed by atoms with E-state index in [1.807, 2.05) is 0 Å². The van der Waals surface area contributed by atoms with E-state index in [1.54, 1.807) is 32.2 Å². The number of nitrogens with one attached hydrogen (secondary N) is 3. The van der Waals surface area contributed by atoms with Crippen LogP contribution in [0, 0.1) is 5.82 Å². The molecule has 0 saturated heterocycles. The molecular formula is C17H19FN4O3. The first-order valence-electron chi connectivity index (χ1n) is 7.50. The van der Waals surface area contributed by atoms with Gasteiger partial charge in [0.25, 0.3) is 0 Å². The highest BCUT2D eigenvalue weighted by Crippen LogP contribution is 2.23. The van der Waals surface area contributed by atoms with Crippen LogP contribution >= 0.6 is 0 Å². The lowest BCUT2D eigenvalue weighted by Crippen LogP contribution is -2.47. The number of rotatable bonds is 5. The predicted octanol–water partition coefficient (Wildman–Crippen LogP) is 3.12. The highest BCUT2D eigenvalue weighted by molar-refractivity contribution is 5.99. The van der Waals surface area contributed by atoms with E-state index < -0.39 is 17.6 Å². The fraction of sp³-hybridized carbons (Fsp3) is 0.235. The van der Waals surface area contributed by atoms with E-state index in [4.69, 9.17) is 4.74 Å². The Hall–Kier alpha value is -3.16. The van der Waals surface area contributed by atoms with E-state index in [9.17, 15) is 14.0 Å². The number of anilines is 2. The molecule has 0 unspecified atom stereocenters. The van der Waals surface area contributed by atoms with Gasteiger partial charge in [-0.15, -0.1) is 0 Å². The Balaban J connectivity index is 2.08. The van der Waals surface area contributed by atoms with Crippen molar-refractivity contribution in [3.63, 3.8) is 0 Å². The average molecular weight is 346 g/mol. The highest BCUT2D eigenvalue weighted by atomic mass is 19.1. The fourth-order valence-electron chi connectivity index (χ4n) is 2.17. The quantitative estimate of drug-likeness (QED) is 0.725. The third-order valence-electron chi connectivity index (χ3n) is 2.90. The number of urea groups is 1. The van der Waals surface area contributed by atoms with Crippen LogP contribution in [0.4, 0.5) is 20.6 Å². The number of hydrogen-bond donors (Lipinski definition) is 3. The third-order valence-corrected chi connectivity index (χ3v) is 2.90. The van der Waals surface area contributed by atoms with E-state index in [0.29, 0.717) is 5.69 Å². The van der Waals surface area contributed by atoms with Crippen molar-refractivity contribution in [2.45, 2.75) is 26.5 Å². The van der Waals surface area contributed by atoms with Gasteiger partial charge < -0.3 is 20.7 Å². The summed E-state index contributed by atoms with van der Waals surface area (Å²) >= 11 is 0. The minimum absolute atomic E-state index is 0.162. The first-order chi connectivity index (χ1) is 11.7. The van der Waals surface area contributed by atoms with Crippen LogP contribution in [-0.4, -0.2) is 22.6 Å². The van der Waals surface area contributed by atoms with Gasteiger partial charge >= 0.3 is 6.03 Å². The molecule has 1 heterocycles. The first-order valence-corrected chi connectivity index (χ1v) is 7.50. The minimum Gasteiger partial charge on any atom is -0.469 e. The maximum absolute atomic E-state index is 13.8. The zero-order valence-electron chi connectivity index (χ0n) is 14.1. The van der Waals surface area contributed by atoms with Crippen LogP contribution in [0.1, 0.15) is 20.8 Å². The Bertz CT molecular complexity index is 766. The molecule has 0 bridgehead atoms. The summed E-state index contributed by atoms with van der Waals surface area (Å²) in [5, 5.41) is 7.67. The second kappa shape index (κ2) is 7.61. The monoisotopic (exact) mass is 346 g/mol. The van der Waals surface area contributed by atoms with Crippen molar-refractivity contribution >= 4 is 23.3 Å². The Morgan fingerprint density at radius 3 is 2.52 bits per heavy atom. The van der Waals surface area contributed by atoms with Crippen molar-refractivity contribution in [3.8, 4) is 5.75 Å². The van der Waals surface area contributed by atoms with Gasteiger partial charge in [0.05, 0.1) is 11.9 Å². The maximum Gasteiger partial charge on any atom is 0.323 e. The molecule has 7 nitrogen and oxygen atoms in total. The predicted molar refractivity (Wildman–Crippen MR) is 91.8 cm³/mol. The summed E-state index contributed by atoms with van der Waals surface area (Å²) in [6.07, 6.45) is 3.06. The molecular weight excluding hydrogens is 327 g/mol. The zero-order valence-corrected chi connectivity index (χ0v) is 14.1. The number of pyridine rings is 1. The number of benzene rings is 1. The summed E-state index contributed by atoms with van der Waals surface area (Å²) < 4.78 is 19.4. The van der Waals surface area contributed by atoms with Crippen LogP contribution in [0.25, 0.3) is 0 Å². The molecule has 1 aromatic heterocycles. The lowest BCUT2D eigenvalue weighted by Gasteiger charge is -2.27. The van der Waals surface area contributed by atoms with Crippen molar-refractivity contribution < 1.29 is 18.7 Å². The zero-order chi connectivity index (χ0) is 18.4. The molecule has 0 saturated carbocycles. The van der Waals surface area contributed by atoms with Gasteiger partial charge in [-0.05, 0) is 32.0 Å². The van der Waals surface area contributed by atoms with Gasteiger partial charge in [0, 0.05) is 30.9 Å². The van der Waals surface area contributed by atoms with Gasteiger partial charge in [-0.2, -0.15) is 0 Å². The number of carbonyl (C=O) groups is 2. The molecule has 0 atom stereocenters. The lowest BCUT2D eigenvalue weighted by molar-refractivity contribution is -0.123. The van der Waals surface area contributed by atoms with Gasteiger partial charge in [-0.1, -0.05) is 0 Å². The molecule has 0 radical (unpaired) electrons. The second-order valence-corrected chi connectivity index (χ2v) is 5.79. The molecule has 0 aliphatic carbocycles. The Kier molecular flexibility index (Phi) is 5.53. The number of nitrogens with zero attached hydrogens (tertiary/aromatic N) is 1. The fourth-order valence-corrected chi connectivity index (χ4v) is 2.17. The Morgan fingerprint density at radius 2 is 1.88 bits per heavy atom. The molecule has 0 spiro atoms. The number of amides is 3. The van der Waals surface area contributed by atoms with Crippen molar-refractivity contribution in [1.82, 2.24) is 10.3 Å². The second-order valence-electron chi connectivity index (χ2n) is 5.79. The van der Waals surface area contributed by atoms with Crippen molar-refractivity contribution in [1.29, 1.82) is 0 Å². The van der Waals surface area contributed by atoms with Crippen LogP contribution in [-0.2, 0) is 4.79 Å². The van der Waals surface area contributed by atoms with Crippen molar-refractivity contribution in [2.75, 3.05) is 10.6 Å². The SMILES string of the molecule is CC(=O)NC(C)(C)Oc1cc(F)cc(NC(=O)Nc2cccnc2)c1. The van der Waals surface area contributed by atoms with Crippen molar-refractivity contribution in [2.24, 2.45) is 0 Å². The average Bonchev–Trinajstić information content (AvgIpc) is 2.45. The van der Waals surface area contributed by atoms with Crippen LogP contribution in [0.5, 0.6) is 5.75 Å².